The molecule has 0 aromatic carbocycles. The third-order valence-corrected chi connectivity index (χ3v) is 3.58. The lowest BCUT2D eigenvalue weighted by Gasteiger charge is -2.20. The summed E-state index contributed by atoms with van der Waals surface area (Å²) in [6.45, 7) is 0.422. The Balaban J connectivity index is 1.88. The molecule has 2 aliphatic rings. The van der Waals surface area contributed by atoms with Gasteiger partial charge in [-0.3, -0.25) is 9.59 Å². The summed E-state index contributed by atoms with van der Waals surface area (Å²) in [4.78, 5) is 22.8. The van der Waals surface area contributed by atoms with Gasteiger partial charge in [-0.1, -0.05) is 6.42 Å². The lowest BCUT2D eigenvalue weighted by atomic mass is 10.0. The molecule has 2 fully saturated rings. The van der Waals surface area contributed by atoms with Crippen molar-refractivity contribution in [3.05, 3.63) is 0 Å². The lowest BCUT2D eigenvalue weighted by molar-refractivity contribution is -0.142. The van der Waals surface area contributed by atoms with Crippen molar-refractivity contribution < 1.29 is 19.8 Å². The molecule has 6 heteroatoms. The van der Waals surface area contributed by atoms with Gasteiger partial charge in [0.15, 0.2) is 0 Å². The lowest BCUT2D eigenvalue weighted by Crippen LogP contribution is -2.47. The number of rotatable bonds is 3. The zero-order chi connectivity index (χ0) is 12.4. The number of β-amino-alcohol motifs (C(OH)–C–C–N with tert-alkyl or cyclic N) is 1. The molecule has 4 N–H and O–H groups in total. The van der Waals surface area contributed by atoms with Crippen LogP contribution in [0.5, 0.6) is 0 Å². The van der Waals surface area contributed by atoms with E-state index in [2.05, 4.69) is 10.6 Å². The monoisotopic (exact) mass is 242 g/mol. The van der Waals surface area contributed by atoms with Gasteiger partial charge in [0.2, 0.25) is 5.91 Å². The summed E-state index contributed by atoms with van der Waals surface area (Å²) in [6, 6.07) is -0.653. The van der Waals surface area contributed by atoms with Crippen molar-refractivity contribution in [3.8, 4) is 0 Å². The van der Waals surface area contributed by atoms with E-state index in [4.69, 9.17) is 5.11 Å². The third-order valence-electron chi connectivity index (χ3n) is 3.58. The largest absolute Gasteiger partial charge is 0.481 e. The summed E-state index contributed by atoms with van der Waals surface area (Å²) in [6.07, 6.45) is 2.10. The van der Waals surface area contributed by atoms with Crippen LogP contribution in [0.2, 0.25) is 0 Å². The molecule has 4 unspecified atom stereocenters. The number of hydrogen-bond donors (Lipinski definition) is 4. The Hall–Kier alpha value is -1.14. The van der Waals surface area contributed by atoms with E-state index in [1.165, 1.54) is 0 Å². The number of carboxylic acid groups (broad SMARTS) is 1. The van der Waals surface area contributed by atoms with Crippen molar-refractivity contribution >= 4 is 11.9 Å². The molecule has 17 heavy (non-hydrogen) atoms. The quantitative estimate of drug-likeness (QED) is 0.513. The number of nitrogens with one attached hydrogen (secondary N) is 2. The summed E-state index contributed by atoms with van der Waals surface area (Å²) < 4.78 is 0. The topological polar surface area (TPSA) is 98.7 Å². The van der Waals surface area contributed by atoms with Crippen LogP contribution in [0, 0.1) is 5.92 Å². The molecule has 2 rings (SSSR count). The van der Waals surface area contributed by atoms with E-state index in [1.807, 2.05) is 0 Å². The highest BCUT2D eigenvalue weighted by atomic mass is 16.4. The molecule has 0 radical (unpaired) electrons. The van der Waals surface area contributed by atoms with Crippen LogP contribution in [0.25, 0.3) is 0 Å². The predicted molar refractivity (Wildman–Crippen MR) is 59.3 cm³/mol. The van der Waals surface area contributed by atoms with Gasteiger partial charge in [0.05, 0.1) is 18.1 Å². The Labute approximate surface area is 99.4 Å². The Kier molecular flexibility index (Phi) is 3.63. The van der Waals surface area contributed by atoms with Crippen molar-refractivity contribution in [1.82, 2.24) is 10.6 Å². The molecule has 6 nitrogen and oxygen atoms in total. The highest BCUT2D eigenvalue weighted by molar-refractivity contribution is 5.83. The highest BCUT2D eigenvalue weighted by Gasteiger charge is 2.36. The van der Waals surface area contributed by atoms with Crippen LogP contribution in [-0.4, -0.2) is 46.8 Å². The van der Waals surface area contributed by atoms with Crippen LogP contribution in [0.3, 0.4) is 0 Å². The van der Waals surface area contributed by atoms with Gasteiger partial charge >= 0.3 is 5.97 Å². The summed E-state index contributed by atoms with van der Waals surface area (Å²) in [7, 11) is 0. The molecule has 1 saturated heterocycles. The summed E-state index contributed by atoms with van der Waals surface area (Å²) >= 11 is 0. The van der Waals surface area contributed by atoms with Crippen molar-refractivity contribution in [2.24, 2.45) is 5.92 Å². The normalized spacial score (nSPS) is 37.0. The van der Waals surface area contributed by atoms with Gasteiger partial charge in [-0.25, -0.2) is 0 Å². The Morgan fingerprint density at radius 3 is 2.65 bits per heavy atom. The van der Waals surface area contributed by atoms with Gasteiger partial charge in [-0.15, -0.1) is 0 Å². The zero-order valence-corrected chi connectivity index (χ0v) is 9.56. The molecule has 1 aliphatic heterocycles. The molecule has 0 aromatic rings. The van der Waals surface area contributed by atoms with E-state index < -0.39 is 18.0 Å². The average Bonchev–Trinajstić information content (AvgIpc) is 2.86. The van der Waals surface area contributed by atoms with Gasteiger partial charge in [0.25, 0.3) is 0 Å². The van der Waals surface area contributed by atoms with Crippen molar-refractivity contribution in [1.29, 1.82) is 0 Å². The SMILES string of the molecule is O=C(NC1CCCC1C(=O)O)C1CC(O)CN1. The maximum absolute atomic E-state index is 11.8. The Bertz CT molecular complexity index is 321. The van der Waals surface area contributed by atoms with Crippen LogP contribution in [0.4, 0.5) is 0 Å². The summed E-state index contributed by atoms with van der Waals surface area (Å²) in [5.74, 6) is -1.50. The number of carbonyl (C=O) groups is 2. The number of aliphatic hydroxyl groups excluding tert-OH is 1. The van der Waals surface area contributed by atoms with E-state index in [0.717, 1.165) is 12.8 Å². The van der Waals surface area contributed by atoms with Crippen LogP contribution < -0.4 is 10.6 Å². The van der Waals surface area contributed by atoms with Crippen molar-refractivity contribution in [3.63, 3.8) is 0 Å². The molecule has 4 atom stereocenters. The predicted octanol–water partition coefficient (Wildman–Crippen LogP) is -0.921. The van der Waals surface area contributed by atoms with Gasteiger partial charge < -0.3 is 20.8 Å². The minimum atomic E-state index is -0.841. The standard InChI is InChI=1S/C11H18N2O4/c14-6-4-9(12-5-6)10(15)13-8-3-1-2-7(8)11(16)17/h6-9,12,14H,1-5H2,(H,13,15)(H,16,17). The fraction of sp³-hybridized carbons (Fsp3) is 0.818. The maximum Gasteiger partial charge on any atom is 0.308 e. The van der Waals surface area contributed by atoms with Crippen LogP contribution in [0.1, 0.15) is 25.7 Å². The van der Waals surface area contributed by atoms with E-state index in [0.29, 0.717) is 19.4 Å². The van der Waals surface area contributed by atoms with Crippen LogP contribution in [-0.2, 0) is 9.59 Å². The zero-order valence-electron chi connectivity index (χ0n) is 9.56. The van der Waals surface area contributed by atoms with Crippen LogP contribution in [0.15, 0.2) is 0 Å². The first-order valence-corrected chi connectivity index (χ1v) is 6.02. The van der Waals surface area contributed by atoms with E-state index >= 15 is 0 Å². The number of hydrogen-bond acceptors (Lipinski definition) is 4. The Morgan fingerprint density at radius 2 is 2.06 bits per heavy atom. The van der Waals surface area contributed by atoms with E-state index in [9.17, 15) is 14.7 Å². The molecule has 1 saturated carbocycles. The van der Waals surface area contributed by atoms with Gasteiger partial charge in [0.1, 0.15) is 0 Å². The Morgan fingerprint density at radius 1 is 1.29 bits per heavy atom. The smallest absolute Gasteiger partial charge is 0.308 e. The molecule has 1 amide bonds. The second kappa shape index (κ2) is 5.01. The van der Waals surface area contributed by atoms with E-state index in [-0.39, 0.29) is 18.0 Å². The maximum atomic E-state index is 11.8. The summed E-state index contributed by atoms with van der Waals surface area (Å²) in [5.41, 5.74) is 0. The molecular weight excluding hydrogens is 224 g/mol. The molecule has 1 aliphatic carbocycles. The van der Waals surface area contributed by atoms with Gasteiger partial charge in [-0.05, 0) is 19.3 Å². The number of carboxylic acids is 1. The van der Waals surface area contributed by atoms with E-state index in [1.54, 1.807) is 0 Å². The van der Waals surface area contributed by atoms with Crippen molar-refractivity contribution in [2.75, 3.05) is 6.54 Å². The van der Waals surface area contributed by atoms with Crippen molar-refractivity contribution in [2.45, 2.75) is 43.9 Å². The van der Waals surface area contributed by atoms with Crippen LogP contribution >= 0.6 is 0 Å². The fourth-order valence-electron chi connectivity index (χ4n) is 2.63. The molecule has 0 aromatic heterocycles. The first kappa shape index (κ1) is 12.3. The average molecular weight is 242 g/mol. The first-order chi connectivity index (χ1) is 8.08. The van der Waals surface area contributed by atoms with Gasteiger partial charge in [-0.2, -0.15) is 0 Å². The first-order valence-electron chi connectivity index (χ1n) is 6.02. The third kappa shape index (κ3) is 2.76. The number of aliphatic hydroxyl groups is 1. The number of aliphatic carboxylic acids is 1. The number of carbonyl (C=O) groups excluding carboxylic acids is 1. The minimum Gasteiger partial charge on any atom is -0.481 e. The minimum absolute atomic E-state index is 0.195. The molecule has 96 valence electrons. The number of amides is 1. The molecule has 1 heterocycles. The summed E-state index contributed by atoms with van der Waals surface area (Å²) in [5, 5.41) is 24.0. The fourth-order valence-corrected chi connectivity index (χ4v) is 2.63. The second-order valence-corrected chi connectivity index (χ2v) is 4.84. The van der Waals surface area contributed by atoms with Gasteiger partial charge in [0, 0.05) is 12.6 Å². The molecule has 0 bridgehead atoms. The molecule has 0 spiro atoms. The molecular formula is C11H18N2O4. The second-order valence-electron chi connectivity index (χ2n) is 4.84. The highest BCUT2D eigenvalue weighted by Crippen LogP contribution is 2.26.